The van der Waals surface area contributed by atoms with E-state index in [1.54, 1.807) is 11.8 Å². The van der Waals surface area contributed by atoms with Gasteiger partial charge < -0.3 is 26.0 Å². The van der Waals surface area contributed by atoms with Gasteiger partial charge in [-0.25, -0.2) is 4.79 Å². The second-order valence-electron chi connectivity index (χ2n) is 8.25. The van der Waals surface area contributed by atoms with Crippen molar-refractivity contribution in [2.45, 2.75) is 70.1 Å². The normalized spacial score (nSPS) is 23.3. The fourth-order valence-electron chi connectivity index (χ4n) is 3.92. The van der Waals surface area contributed by atoms with Gasteiger partial charge in [0.05, 0.1) is 6.04 Å². The predicted molar refractivity (Wildman–Crippen MR) is 115 cm³/mol. The summed E-state index contributed by atoms with van der Waals surface area (Å²) >= 11 is 1.57. The van der Waals surface area contributed by atoms with Crippen LogP contribution in [0.1, 0.15) is 46.0 Å². The molecule has 2 aliphatic rings. The van der Waals surface area contributed by atoms with Crippen molar-refractivity contribution in [1.29, 1.82) is 0 Å². The summed E-state index contributed by atoms with van der Waals surface area (Å²) in [5, 5.41) is 18.1. The number of carbonyl (C=O) groups is 4. The zero-order valence-corrected chi connectivity index (χ0v) is 18.8. The van der Waals surface area contributed by atoms with Gasteiger partial charge >= 0.3 is 5.97 Å². The number of hydrogen-bond acceptors (Lipinski definition) is 6. The van der Waals surface area contributed by atoms with Crippen LogP contribution in [0.15, 0.2) is 0 Å². The van der Waals surface area contributed by atoms with Gasteiger partial charge in [-0.05, 0) is 56.6 Å². The van der Waals surface area contributed by atoms with Gasteiger partial charge in [0.25, 0.3) is 0 Å². The highest BCUT2D eigenvalue weighted by atomic mass is 32.2. The van der Waals surface area contributed by atoms with E-state index in [1.807, 2.05) is 20.1 Å². The predicted octanol–water partition coefficient (Wildman–Crippen LogP) is 0.193. The smallest absolute Gasteiger partial charge is 0.326 e. The Balaban J connectivity index is 2.07. The lowest BCUT2D eigenvalue weighted by Gasteiger charge is -2.30. The zero-order chi connectivity index (χ0) is 22.3. The van der Waals surface area contributed by atoms with Crippen molar-refractivity contribution in [3.8, 4) is 0 Å². The van der Waals surface area contributed by atoms with E-state index in [0.717, 1.165) is 19.4 Å². The topological polar surface area (TPSA) is 128 Å². The first-order chi connectivity index (χ1) is 14.3. The molecule has 9 nitrogen and oxygen atoms in total. The van der Waals surface area contributed by atoms with Crippen LogP contribution in [0.2, 0.25) is 0 Å². The number of carboxylic acids is 1. The Morgan fingerprint density at radius 3 is 2.47 bits per heavy atom. The molecular weight excluding hydrogens is 408 g/mol. The maximum absolute atomic E-state index is 13.1. The maximum atomic E-state index is 13.1. The molecule has 4 unspecified atom stereocenters. The number of carboxylic acid groups (broad SMARTS) is 1. The molecule has 3 amide bonds. The van der Waals surface area contributed by atoms with E-state index >= 15 is 0 Å². The Morgan fingerprint density at radius 2 is 1.90 bits per heavy atom. The first kappa shape index (κ1) is 24.5. The molecular formula is C20H34N4O5S. The number of thioether (sulfide) groups is 1. The van der Waals surface area contributed by atoms with Crippen molar-refractivity contribution < 1.29 is 24.3 Å². The molecule has 0 aromatic heterocycles. The summed E-state index contributed by atoms with van der Waals surface area (Å²) in [4.78, 5) is 51.4. The minimum Gasteiger partial charge on any atom is -0.480 e. The summed E-state index contributed by atoms with van der Waals surface area (Å²) < 4.78 is 0. The average Bonchev–Trinajstić information content (AvgIpc) is 3.40. The number of amides is 3. The van der Waals surface area contributed by atoms with Crippen LogP contribution >= 0.6 is 11.8 Å². The summed E-state index contributed by atoms with van der Waals surface area (Å²) in [6.07, 6.45) is 5.08. The third-order valence-electron chi connectivity index (χ3n) is 5.67. The number of aliphatic carboxylic acids is 1. The van der Waals surface area contributed by atoms with E-state index in [1.165, 1.54) is 4.90 Å². The molecule has 2 heterocycles. The molecule has 2 fully saturated rings. The molecule has 0 radical (unpaired) electrons. The van der Waals surface area contributed by atoms with Crippen molar-refractivity contribution in [3.05, 3.63) is 0 Å². The molecule has 2 aliphatic heterocycles. The molecule has 30 heavy (non-hydrogen) atoms. The SMILES string of the molecule is CSCCC(NC(=O)C1CCCN1)C(=O)NC(C(=O)N1CCCC1C(=O)O)C(C)C. The Morgan fingerprint density at radius 1 is 1.17 bits per heavy atom. The zero-order valence-electron chi connectivity index (χ0n) is 18.0. The highest BCUT2D eigenvalue weighted by Gasteiger charge is 2.39. The highest BCUT2D eigenvalue weighted by molar-refractivity contribution is 7.98. The van der Waals surface area contributed by atoms with Gasteiger partial charge in [0.2, 0.25) is 17.7 Å². The van der Waals surface area contributed by atoms with E-state index in [0.29, 0.717) is 31.6 Å². The highest BCUT2D eigenvalue weighted by Crippen LogP contribution is 2.20. The molecule has 0 aliphatic carbocycles. The molecule has 0 bridgehead atoms. The first-order valence-electron chi connectivity index (χ1n) is 10.6. The van der Waals surface area contributed by atoms with Gasteiger partial charge in [-0.15, -0.1) is 0 Å². The molecule has 0 saturated carbocycles. The van der Waals surface area contributed by atoms with Gasteiger partial charge in [0.15, 0.2) is 0 Å². The molecule has 10 heteroatoms. The second kappa shape index (κ2) is 11.5. The van der Waals surface area contributed by atoms with E-state index in [4.69, 9.17) is 0 Å². The summed E-state index contributed by atoms with van der Waals surface area (Å²) in [7, 11) is 0. The number of carbonyl (C=O) groups excluding carboxylic acids is 3. The molecule has 4 atom stereocenters. The minimum atomic E-state index is -1.02. The van der Waals surface area contributed by atoms with Crippen LogP contribution in [-0.4, -0.2) is 83.0 Å². The summed E-state index contributed by atoms with van der Waals surface area (Å²) in [5.41, 5.74) is 0. The Bertz CT molecular complexity index is 639. The van der Waals surface area contributed by atoms with Crippen molar-refractivity contribution in [3.63, 3.8) is 0 Å². The summed E-state index contributed by atoms with van der Waals surface area (Å²) in [6, 6.07) is -2.72. The monoisotopic (exact) mass is 442 g/mol. The number of hydrogen-bond donors (Lipinski definition) is 4. The fourth-order valence-corrected chi connectivity index (χ4v) is 4.39. The average molecular weight is 443 g/mol. The third-order valence-corrected chi connectivity index (χ3v) is 6.32. The van der Waals surface area contributed by atoms with Crippen LogP contribution in [0.4, 0.5) is 0 Å². The number of rotatable bonds is 10. The van der Waals surface area contributed by atoms with Crippen molar-refractivity contribution in [1.82, 2.24) is 20.9 Å². The van der Waals surface area contributed by atoms with Crippen molar-refractivity contribution in [2.75, 3.05) is 25.1 Å². The number of likely N-dealkylation sites (tertiary alicyclic amines) is 1. The fraction of sp³-hybridized carbons (Fsp3) is 0.800. The van der Waals surface area contributed by atoms with Crippen LogP contribution < -0.4 is 16.0 Å². The van der Waals surface area contributed by atoms with Gasteiger partial charge in [-0.1, -0.05) is 13.8 Å². The van der Waals surface area contributed by atoms with E-state index < -0.39 is 30.0 Å². The van der Waals surface area contributed by atoms with Gasteiger partial charge in [-0.3, -0.25) is 14.4 Å². The second-order valence-corrected chi connectivity index (χ2v) is 9.24. The Labute approximate surface area is 182 Å². The Hall–Kier alpha value is -1.81. The first-order valence-corrected chi connectivity index (χ1v) is 12.0. The molecule has 2 saturated heterocycles. The quantitative estimate of drug-likeness (QED) is 0.380. The molecule has 2 rings (SSSR count). The van der Waals surface area contributed by atoms with Gasteiger partial charge in [-0.2, -0.15) is 11.8 Å². The maximum Gasteiger partial charge on any atom is 0.326 e. The molecule has 0 aromatic carbocycles. The van der Waals surface area contributed by atoms with Crippen LogP contribution in [0.5, 0.6) is 0 Å². The lowest BCUT2D eigenvalue weighted by atomic mass is 10.0. The van der Waals surface area contributed by atoms with Crippen LogP contribution in [0.25, 0.3) is 0 Å². The van der Waals surface area contributed by atoms with Crippen molar-refractivity contribution >= 4 is 35.5 Å². The molecule has 0 aromatic rings. The number of nitrogens with one attached hydrogen (secondary N) is 3. The van der Waals surface area contributed by atoms with Gasteiger partial charge in [0.1, 0.15) is 18.1 Å². The van der Waals surface area contributed by atoms with E-state index in [9.17, 15) is 24.3 Å². The van der Waals surface area contributed by atoms with Crippen LogP contribution in [-0.2, 0) is 19.2 Å². The third kappa shape index (κ3) is 6.34. The van der Waals surface area contributed by atoms with Gasteiger partial charge in [0, 0.05) is 6.54 Å². The lowest BCUT2D eigenvalue weighted by molar-refractivity contribution is -0.150. The Kier molecular flexibility index (Phi) is 9.41. The summed E-state index contributed by atoms with van der Waals surface area (Å²) in [6.45, 7) is 4.78. The van der Waals surface area contributed by atoms with E-state index in [-0.39, 0.29) is 23.8 Å². The number of nitrogens with zero attached hydrogens (tertiary/aromatic N) is 1. The van der Waals surface area contributed by atoms with E-state index in [2.05, 4.69) is 16.0 Å². The minimum absolute atomic E-state index is 0.202. The lowest BCUT2D eigenvalue weighted by Crippen LogP contribution is -2.58. The standard InChI is InChI=1S/C20H34N4O5S/c1-12(2)16(19(27)24-10-5-7-15(24)20(28)29)23-18(26)14(8-11-30-3)22-17(25)13-6-4-9-21-13/h12-16,21H,4-11H2,1-3H3,(H,22,25)(H,23,26)(H,28,29). The largest absolute Gasteiger partial charge is 0.480 e. The summed E-state index contributed by atoms with van der Waals surface area (Å²) in [5.74, 6) is -1.55. The molecule has 170 valence electrons. The van der Waals surface area contributed by atoms with Crippen molar-refractivity contribution in [2.24, 2.45) is 5.92 Å². The van der Waals surface area contributed by atoms with Crippen LogP contribution in [0, 0.1) is 5.92 Å². The van der Waals surface area contributed by atoms with Crippen LogP contribution in [0.3, 0.4) is 0 Å². The molecule has 4 N–H and O–H groups in total. The molecule has 0 spiro atoms.